The molecule has 1 amide bonds. The summed E-state index contributed by atoms with van der Waals surface area (Å²) in [6.07, 6.45) is 0.904. The quantitative estimate of drug-likeness (QED) is 0.454. The topological polar surface area (TPSA) is 61.7 Å². The largest absolute Gasteiger partial charge is 0.413 e. The van der Waals surface area contributed by atoms with Crippen molar-refractivity contribution < 1.29 is 23.2 Å². The third kappa shape index (κ3) is 3.48. The average Bonchev–Trinajstić information content (AvgIpc) is 2.27. The lowest BCUT2D eigenvalue weighted by atomic mass is 10.1. The third-order valence-electron chi connectivity index (χ3n) is 1.93. The number of rotatable bonds is 2. The lowest BCUT2D eigenvalue weighted by molar-refractivity contribution is -0.151. The van der Waals surface area contributed by atoms with E-state index in [1.54, 1.807) is 0 Å². The summed E-state index contributed by atoms with van der Waals surface area (Å²) in [6, 6.07) is -0.930. The fourth-order valence-corrected chi connectivity index (χ4v) is 1.19. The minimum absolute atomic E-state index is 0.0203. The maximum Gasteiger partial charge on any atom is 0.413 e. The second-order valence-corrected chi connectivity index (χ2v) is 3.60. The van der Waals surface area contributed by atoms with E-state index in [2.05, 4.69) is 5.16 Å². The van der Waals surface area contributed by atoms with E-state index in [9.17, 15) is 18.0 Å². The maximum atomic E-state index is 12.1. The maximum absolute atomic E-state index is 12.1. The highest BCUT2D eigenvalue weighted by molar-refractivity contribution is 6.31. The number of hydrogen-bond donors (Lipinski definition) is 2. The molecule has 0 spiro atoms. The minimum Gasteiger partial charge on any atom is -0.411 e. The summed E-state index contributed by atoms with van der Waals surface area (Å²) < 4.78 is 36.4. The van der Waals surface area contributed by atoms with Gasteiger partial charge in [-0.25, -0.2) is 0 Å². The Hall–Kier alpha value is -1.50. The molecule has 17 heavy (non-hydrogen) atoms. The zero-order valence-corrected chi connectivity index (χ0v) is 9.03. The summed E-state index contributed by atoms with van der Waals surface area (Å²) in [5.41, 5.74) is 0.0203. The van der Waals surface area contributed by atoms with Crippen LogP contribution in [0.3, 0.4) is 0 Å². The van der Waals surface area contributed by atoms with Gasteiger partial charge in [-0.15, -0.1) is 11.6 Å². The average molecular weight is 269 g/mol. The van der Waals surface area contributed by atoms with Crippen molar-refractivity contribution in [1.29, 1.82) is 0 Å². The Labute approximate surface area is 99.4 Å². The molecule has 2 N–H and O–H groups in total. The standard InChI is InChI=1S/C9H8ClF3N2O2/c10-7(9(11,12)13)8(16)14-5-3-1-2-4-6(5)15-17/h1-5,7,17H,(H,14,16). The number of carbonyl (C=O) groups excluding carboxylic acids is 1. The van der Waals surface area contributed by atoms with E-state index in [1.807, 2.05) is 5.32 Å². The molecule has 1 aliphatic rings. The molecule has 0 aliphatic heterocycles. The molecule has 0 radical (unpaired) electrons. The lowest BCUT2D eigenvalue weighted by Crippen LogP contribution is -2.47. The fraction of sp³-hybridized carbons (Fsp3) is 0.333. The molecule has 94 valence electrons. The minimum atomic E-state index is -4.82. The summed E-state index contributed by atoms with van der Waals surface area (Å²) in [5, 5.41) is 10.8. The Bertz CT molecular complexity index is 390. The Morgan fingerprint density at radius 2 is 2.18 bits per heavy atom. The van der Waals surface area contributed by atoms with Gasteiger partial charge >= 0.3 is 6.18 Å². The van der Waals surface area contributed by atoms with Gasteiger partial charge < -0.3 is 10.5 Å². The molecular formula is C9H8ClF3N2O2. The lowest BCUT2D eigenvalue weighted by Gasteiger charge is -2.19. The van der Waals surface area contributed by atoms with E-state index in [1.165, 1.54) is 24.3 Å². The molecule has 0 fully saturated rings. The monoisotopic (exact) mass is 268 g/mol. The molecule has 0 aromatic carbocycles. The first-order valence-electron chi connectivity index (χ1n) is 4.44. The first-order valence-corrected chi connectivity index (χ1v) is 4.88. The van der Waals surface area contributed by atoms with Crippen molar-refractivity contribution in [2.75, 3.05) is 0 Å². The predicted octanol–water partition coefficient (Wildman–Crippen LogP) is 1.60. The predicted molar refractivity (Wildman–Crippen MR) is 55.1 cm³/mol. The molecule has 0 bridgehead atoms. The molecule has 8 heteroatoms. The number of carbonyl (C=O) groups is 1. The number of alkyl halides is 4. The van der Waals surface area contributed by atoms with Crippen LogP contribution in [0.1, 0.15) is 0 Å². The van der Waals surface area contributed by atoms with Crippen molar-refractivity contribution >= 4 is 23.2 Å². The number of nitrogens with one attached hydrogen (secondary N) is 1. The second-order valence-electron chi connectivity index (χ2n) is 3.16. The van der Waals surface area contributed by atoms with E-state index >= 15 is 0 Å². The van der Waals surface area contributed by atoms with Gasteiger partial charge in [0.2, 0.25) is 11.3 Å². The number of nitrogens with zero attached hydrogens (tertiary/aromatic N) is 1. The van der Waals surface area contributed by atoms with Crippen molar-refractivity contribution in [3.05, 3.63) is 24.3 Å². The summed E-state index contributed by atoms with van der Waals surface area (Å²) in [7, 11) is 0. The van der Waals surface area contributed by atoms with Crippen LogP contribution in [-0.4, -0.2) is 34.4 Å². The molecule has 0 aromatic rings. The smallest absolute Gasteiger partial charge is 0.411 e. The van der Waals surface area contributed by atoms with Gasteiger partial charge in [-0.1, -0.05) is 23.4 Å². The Morgan fingerprint density at radius 1 is 1.53 bits per heavy atom. The molecule has 2 atom stereocenters. The van der Waals surface area contributed by atoms with E-state index in [-0.39, 0.29) is 5.71 Å². The molecule has 1 rings (SSSR count). The zero-order chi connectivity index (χ0) is 13.1. The Morgan fingerprint density at radius 3 is 2.71 bits per heavy atom. The van der Waals surface area contributed by atoms with Crippen molar-refractivity contribution in [3.63, 3.8) is 0 Å². The summed E-state index contributed by atoms with van der Waals surface area (Å²) >= 11 is 4.94. The van der Waals surface area contributed by atoms with Gasteiger partial charge in [0.25, 0.3) is 0 Å². The number of hydrogen-bond acceptors (Lipinski definition) is 3. The molecule has 0 aromatic heterocycles. The highest BCUT2D eigenvalue weighted by Crippen LogP contribution is 2.25. The second kappa shape index (κ2) is 5.22. The van der Waals surface area contributed by atoms with Crippen LogP contribution in [0.15, 0.2) is 29.5 Å². The van der Waals surface area contributed by atoms with Crippen LogP contribution in [-0.2, 0) is 4.79 Å². The number of oxime groups is 1. The highest BCUT2D eigenvalue weighted by Gasteiger charge is 2.44. The first-order chi connectivity index (χ1) is 7.86. The summed E-state index contributed by atoms with van der Waals surface area (Å²) in [5.74, 6) is -1.40. The van der Waals surface area contributed by atoms with Gasteiger partial charge in [0, 0.05) is 0 Å². The molecule has 0 saturated heterocycles. The van der Waals surface area contributed by atoms with Crippen LogP contribution in [0.4, 0.5) is 13.2 Å². The van der Waals surface area contributed by atoms with Gasteiger partial charge in [0.15, 0.2) is 0 Å². The van der Waals surface area contributed by atoms with Crippen molar-refractivity contribution in [1.82, 2.24) is 5.32 Å². The Kier molecular flexibility index (Phi) is 4.17. The van der Waals surface area contributed by atoms with Crippen LogP contribution < -0.4 is 5.32 Å². The molecule has 1 aliphatic carbocycles. The van der Waals surface area contributed by atoms with Crippen LogP contribution in [0.5, 0.6) is 0 Å². The first kappa shape index (κ1) is 13.6. The number of allylic oxidation sites excluding steroid dienone is 2. The van der Waals surface area contributed by atoms with Crippen molar-refractivity contribution in [2.45, 2.75) is 17.6 Å². The molecular weight excluding hydrogens is 261 g/mol. The van der Waals surface area contributed by atoms with Gasteiger partial charge in [-0.3, -0.25) is 4.79 Å². The van der Waals surface area contributed by atoms with E-state index in [0.29, 0.717) is 0 Å². The van der Waals surface area contributed by atoms with E-state index in [0.717, 1.165) is 0 Å². The van der Waals surface area contributed by atoms with Crippen LogP contribution in [0.25, 0.3) is 0 Å². The van der Waals surface area contributed by atoms with Crippen molar-refractivity contribution in [3.8, 4) is 0 Å². The van der Waals surface area contributed by atoms with Gasteiger partial charge in [-0.2, -0.15) is 13.2 Å². The fourth-order valence-electron chi connectivity index (χ4n) is 1.12. The Balaban J connectivity index is 2.69. The SMILES string of the molecule is O=C(NC1C=CC=CC1=NO)C(Cl)C(F)(F)F. The summed E-state index contributed by atoms with van der Waals surface area (Å²) in [6.45, 7) is 0. The van der Waals surface area contributed by atoms with Crippen molar-refractivity contribution in [2.24, 2.45) is 5.16 Å². The summed E-state index contributed by atoms with van der Waals surface area (Å²) in [4.78, 5) is 11.2. The number of amides is 1. The zero-order valence-electron chi connectivity index (χ0n) is 8.28. The molecule has 2 unspecified atom stereocenters. The van der Waals surface area contributed by atoms with Crippen LogP contribution >= 0.6 is 11.6 Å². The highest BCUT2D eigenvalue weighted by atomic mass is 35.5. The van der Waals surface area contributed by atoms with E-state index in [4.69, 9.17) is 16.8 Å². The van der Waals surface area contributed by atoms with Gasteiger partial charge in [0.05, 0.1) is 6.04 Å². The molecule has 0 heterocycles. The normalized spacial score (nSPS) is 23.8. The number of halogens is 4. The van der Waals surface area contributed by atoms with Gasteiger partial charge in [0.1, 0.15) is 5.71 Å². The van der Waals surface area contributed by atoms with Crippen LogP contribution in [0, 0.1) is 0 Å². The third-order valence-corrected chi connectivity index (χ3v) is 2.38. The molecule has 0 saturated carbocycles. The van der Waals surface area contributed by atoms with Crippen LogP contribution in [0.2, 0.25) is 0 Å². The van der Waals surface area contributed by atoms with E-state index < -0.39 is 23.5 Å². The van der Waals surface area contributed by atoms with Gasteiger partial charge in [-0.05, 0) is 6.08 Å². The molecule has 4 nitrogen and oxygen atoms in total.